The predicted octanol–water partition coefficient (Wildman–Crippen LogP) is 4.34. The van der Waals surface area contributed by atoms with Gasteiger partial charge in [-0.15, -0.1) is 0 Å². The maximum absolute atomic E-state index is 6.21. The second-order valence-corrected chi connectivity index (χ2v) is 6.33. The lowest BCUT2D eigenvalue weighted by atomic mass is 9.96. The van der Waals surface area contributed by atoms with E-state index in [0.717, 1.165) is 18.5 Å². The Hall–Kier alpha value is -2.32. The summed E-state index contributed by atoms with van der Waals surface area (Å²) in [7, 11) is 0. The molecule has 0 saturated carbocycles. The highest BCUT2D eigenvalue weighted by atomic mass is 14.6. The second-order valence-electron chi connectivity index (χ2n) is 6.33. The lowest BCUT2D eigenvalue weighted by Gasteiger charge is -2.10. The monoisotopic (exact) mass is 288 g/mol. The minimum absolute atomic E-state index is 0.188. The molecule has 1 unspecified atom stereocenters. The third kappa shape index (κ3) is 2.08. The van der Waals surface area contributed by atoms with Gasteiger partial charge in [0.2, 0.25) is 0 Å². The van der Waals surface area contributed by atoms with Gasteiger partial charge in [0.25, 0.3) is 0 Å². The van der Waals surface area contributed by atoms with E-state index in [4.69, 9.17) is 11.5 Å². The van der Waals surface area contributed by atoms with E-state index >= 15 is 0 Å². The number of benzene rings is 3. The van der Waals surface area contributed by atoms with Crippen LogP contribution in [0.15, 0.2) is 48.5 Å². The molecule has 2 heteroatoms. The van der Waals surface area contributed by atoms with Crippen molar-refractivity contribution in [2.45, 2.75) is 25.8 Å². The lowest BCUT2D eigenvalue weighted by molar-refractivity contribution is 0.713. The molecule has 2 nitrogen and oxygen atoms in total. The fourth-order valence-electron chi connectivity index (χ4n) is 3.58. The first kappa shape index (κ1) is 13.4. The normalized spacial score (nSPS) is 16.9. The minimum atomic E-state index is 0.188. The molecule has 0 aromatic heterocycles. The van der Waals surface area contributed by atoms with Gasteiger partial charge in [-0.25, -0.2) is 0 Å². The van der Waals surface area contributed by atoms with Gasteiger partial charge in [-0.05, 0) is 82.6 Å². The van der Waals surface area contributed by atoms with Crippen LogP contribution >= 0.6 is 0 Å². The van der Waals surface area contributed by atoms with E-state index in [0.29, 0.717) is 0 Å². The minimum Gasteiger partial charge on any atom is -0.399 e. The van der Waals surface area contributed by atoms with Crippen LogP contribution in [0.2, 0.25) is 0 Å². The predicted molar refractivity (Wildman–Crippen MR) is 93.8 cm³/mol. The summed E-state index contributed by atoms with van der Waals surface area (Å²) in [4.78, 5) is 0. The zero-order valence-corrected chi connectivity index (χ0v) is 12.8. The maximum Gasteiger partial charge on any atom is 0.0323 e. The first-order valence-electron chi connectivity index (χ1n) is 7.80. The van der Waals surface area contributed by atoms with Gasteiger partial charge in [-0.3, -0.25) is 0 Å². The summed E-state index contributed by atoms with van der Waals surface area (Å²) in [6.07, 6.45) is 2.16. The summed E-state index contributed by atoms with van der Waals surface area (Å²) >= 11 is 0. The number of fused-ring (bicyclic) bond motifs is 2. The topological polar surface area (TPSA) is 52.0 Å². The Labute approximate surface area is 130 Å². The van der Waals surface area contributed by atoms with Gasteiger partial charge in [-0.1, -0.05) is 24.3 Å². The summed E-state index contributed by atoms with van der Waals surface area (Å²) in [6, 6.07) is 17.5. The van der Waals surface area contributed by atoms with E-state index in [1.54, 1.807) is 0 Å². The van der Waals surface area contributed by atoms with Crippen LogP contribution in [0.1, 0.15) is 29.2 Å². The van der Waals surface area contributed by atoms with Crippen LogP contribution in [0.4, 0.5) is 5.69 Å². The fraction of sp³-hybridized carbons (Fsp3) is 0.200. The van der Waals surface area contributed by atoms with Crippen LogP contribution in [0.3, 0.4) is 0 Å². The maximum atomic E-state index is 6.21. The molecule has 0 spiro atoms. The summed E-state index contributed by atoms with van der Waals surface area (Å²) in [5.41, 5.74) is 19.4. The van der Waals surface area contributed by atoms with Crippen LogP contribution in [0, 0.1) is 6.92 Å². The molecule has 3 aromatic rings. The average Bonchev–Trinajstić information content (AvgIpc) is 2.87. The Morgan fingerprint density at radius 1 is 0.955 bits per heavy atom. The van der Waals surface area contributed by atoms with E-state index < -0.39 is 0 Å². The van der Waals surface area contributed by atoms with Gasteiger partial charge in [0.05, 0.1) is 0 Å². The van der Waals surface area contributed by atoms with Crippen molar-refractivity contribution >= 4 is 16.5 Å². The number of anilines is 1. The second kappa shape index (κ2) is 4.85. The van der Waals surface area contributed by atoms with E-state index in [1.165, 1.54) is 38.6 Å². The van der Waals surface area contributed by atoms with Crippen molar-refractivity contribution in [3.63, 3.8) is 0 Å². The van der Waals surface area contributed by atoms with Gasteiger partial charge < -0.3 is 11.5 Å². The summed E-state index contributed by atoms with van der Waals surface area (Å²) < 4.78 is 0. The molecule has 0 saturated heterocycles. The molecule has 1 aliphatic carbocycles. The van der Waals surface area contributed by atoms with Crippen molar-refractivity contribution in [1.29, 1.82) is 0 Å². The first-order valence-corrected chi connectivity index (χ1v) is 7.80. The number of hydrogen-bond donors (Lipinski definition) is 2. The Morgan fingerprint density at radius 3 is 2.59 bits per heavy atom. The summed E-state index contributed by atoms with van der Waals surface area (Å²) in [5.74, 6) is 0. The van der Waals surface area contributed by atoms with Crippen LogP contribution in [-0.4, -0.2) is 0 Å². The molecule has 4 N–H and O–H groups in total. The Bertz CT molecular complexity index is 880. The van der Waals surface area contributed by atoms with E-state index in [1.807, 2.05) is 12.1 Å². The number of aryl methyl sites for hydroxylation is 2. The zero-order valence-electron chi connectivity index (χ0n) is 12.8. The summed E-state index contributed by atoms with van der Waals surface area (Å²) in [6.45, 7) is 2.10. The number of hydrogen-bond acceptors (Lipinski definition) is 2. The van der Waals surface area contributed by atoms with Gasteiger partial charge in [0, 0.05) is 11.7 Å². The molecule has 0 amide bonds. The van der Waals surface area contributed by atoms with Crippen molar-refractivity contribution in [1.82, 2.24) is 0 Å². The van der Waals surface area contributed by atoms with Crippen molar-refractivity contribution < 1.29 is 0 Å². The molecule has 3 aromatic carbocycles. The molecule has 1 atom stereocenters. The third-order valence-corrected chi connectivity index (χ3v) is 4.79. The zero-order chi connectivity index (χ0) is 15.3. The SMILES string of the molecule is Cc1cc(N)cc2cc(-c3ccc4c(c3)C(N)CC4)ccc12. The highest BCUT2D eigenvalue weighted by Gasteiger charge is 2.19. The quantitative estimate of drug-likeness (QED) is 0.654. The fourth-order valence-corrected chi connectivity index (χ4v) is 3.58. The number of nitrogens with two attached hydrogens (primary N) is 2. The molecule has 110 valence electrons. The largest absolute Gasteiger partial charge is 0.399 e. The van der Waals surface area contributed by atoms with Gasteiger partial charge in [-0.2, -0.15) is 0 Å². The first-order chi connectivity index (χ1) is 10.6. The van der Waals surface area contributed by atoms with Crippen LogP contribution in [-0.2, 0) is 6.42 Å². The molecule has 0 heterocycles. The Morgan fingerprint density at radius 2 is 1.73 bits per heavy atom. The van der Waals surface area contributed by atoms with Gasteiger partial charge >= 0.3 is 0 Å². The highest BCUT2D eigenvalue weighted by Crippen LogP contribution is 2.34. The third-order valence-electron chi connectivity index (χ3n) is 4.79. The van der Waals surface area contributed by atoms with Gasteiger partial charge in [0.1, 0.15) is 0 Å². The average molecular weight is 288 g/mol. The molecule has 4 rings (SSSR count). The van der Waals surface area contributed by atoms with Crippen molar-refractivity contribution in [3.8, 4) is 11.1 Å². The molecule has 0 radical (unpaired) electrons. The van der Waals surface area contributed by atoms with Crippen LogP contribution in [0.5, 0.6) is 0 Å². The molecular formula is C20H20N2. The molecule has 0 fully saturated rings. The molecule has 0 bridgehead atoms. The smallest absolute Gasteiger partial charge is 0.0323 e. The number of nitrogen functional groups attached to an aromatic ring is 1. The van der Waals surface area contributed by atoms with E-state index in [-0.39, 0.29) is 6.04 Å². The lowest BCUT2D eigenvalue weighted by Crippen LogP contribution is -2.05. The van der Waals surface area contributed by atoms with Crippen molar-refractivity contribution in [2.24, 2.45) is 5.73 Å². The molecule has 0 aliphatic heterocycles. The van der Waals surface area contributed by atoms with E-state index in [9.17, 15) is 0 Å². The van der Waals surface area contributed by atoms with Gasteiger partial charge in [0.15, 0.2) is 0 Å². The standard InChI is InChI=1S/C20H20N2/c1-12-8-17(21)10-16-9-14(4-6-18(12)16)15-3-2-13-5-7-20(22)19(13)11-15/h2-4,6,8-11,20H,5,7,21-22H2,1H3. The van der Waals surface area contributed by atoms with Crippen molar-refractivity contribution in [2.75, 3.05) is 5.73 Å². The molecule has 1 aliphatic rings. The van der Waals surface area contributed by atoms with Crippen LogP contribution in [0.25, 0.3) is 21.9 Å². The van der Waals surface area contributed by atoms with Crippen molar-refractivity contribution in [3.05, 3.63) is 65.2 Å². The summed E-state index contributed by atoms with van der Waals surface area (Å²) in [5, 5.41) is 2.45. The van der Waals surface area contributed by atoms with E-state index in [2.05, 4.69) is 43.3 Å². The number of rotatable bonds is 1. The highest BCUT2D eigenvalue weighted by molar-refractivity contribution is 5.92. The Balaban J connectivity index is 1.86. The molecule has 22 heavy (non-hydrogen) atoms. The van der Waals surface area contributed by atoms with Crippen LogP contribution < -0.4 is 11.5 Å². The Kier molecular flexibility index (Phi) is 2.95. The molecular weight excluding hydrogens is 268 g/mol.